The minimum Gasteiger partial charge on any atom is -0.465 e. The summed E-state index contributed by atoms with van der Waals surface area (Å²) in [4.78, 5) is 11.5. The van der Waals surface area contributed by atoms with E-state index in [1.54, 1.807) is 6.07 Å². The molecule has 0 radical (unpaired) electrons. The average molecular weight is 325 g/mol. The Labute approximate surface area is 131 Å². The van der Waals surface area contributed by atoms with Gasteiger partial charge in [-0.2, -0.15) is 5.10 Å². The first-order valence-electron chi connectivity index (χ1n) is 5.97. The molecule has 0 unspecified atom stereocenters. The summed E-state index contributed by atoms with van der Waals surface area (Å²) >= 11 is 11.2. The fraction of sp³-hybridized carbons (Fsp3) is 0.154. The molecule has 2 aromatic rings. The van der Waals surface area contributed by atoms with E-state index in [2.05, 4.69) is 25.6 Å². The molecule has 21 heavy (non-hydrogen) atoms. The van der Waals surface area contributed by atoms with Crippen molar-refractivity contribution in [2.75, 3.05) is 17.7 Å². The van der Waals surface area contributed by atoms with Crippen molar-refractivity contribution in [2.24, 2.45) is 0 Å². The Morgan fingerprint density at radius 3 is 2.90 bits per heavy atom. The molecular weight excluding hydrogens is 312 g/mol. The molecule has 0 aliphatic carbocycles. The van der Waals surface area contributed by atoms with Gasteiger partial charge in [0, 0.05) is 10.7 Å². The molecule has 3 N–H and O–H groups in total. The van der Waals surface area contributed by atoms with E-state index in [-0.39, 0.29) is 5.56 Å². The Morgan fingerprint density at radius 1 is 1.43 bits per heavy atom. The maximum atomic E-state index is 11.5. The second-order valence-electron chi connectivity index (χ2n) is 4.14. The lowest BCUT2D eigenvalue weighted by Crippen LogP contribution is -2.21. The second-order valence-corrected chi connectivity index (χ2v) is 4.96. The van der Waals surface area contributed by atoms with Crippen LogP contribution >= 0.6 is 23.8 Å². The number of methoxy groups -OCH3 is 1. The van der Waals surface area contributed by atoms with Crippen molar-refractivity contribution in [1.82, 2.24) is 10.2 Å². The highest BCUT2D eigenvalue weighted by atomic mass is 35.5. The summed E-state index contributed by atoms with van der Waals surface area (Å²) in [5, 5.41) is 13.2. The van der Waals surface area contributed by atoms with E-state index < -0.39 is 5.97 Å². The van der Waals surface area contributed by atoms with Gasteiger partial charge >= 0.3 is 5.97 Å². The van der Waals surface area contributed by atoms with Crippen molar-refractivity contribution in [3.63, 3.8) is 0 Å². The lowest BCUT2D eigenvalue weighted by molar-refractivity contribution is 0.0602. The standard InChI is InChI=1S/C13H13ClN4O2S/c1-7-9(14)4-3-5-10(7)16-13(21)17-11-8(6-15-18-11)12(19)20-2/h3-6H,1-2H3,(H3,15,16,17,18,21). The summed E-state index contributed by atoms with van der Waals surface area (Å²) in [5.74, 6) is -0.146. The van der Waals surface area contributed by atoms with E-state index in [1.807, 2.05) is 19.1 Å². The number of anilines is 2. The number of hydrogen-bond acceptors (Lipinski definition) is 4. The van der Waals surface area contributed by atoms with Crippen LogP contribution in [0.15, 0.2) is 24.4 Å². The molecule has 6 nitrogen and oxygen atoms in total. The predicted molar refractivity (Wildman–Crippen MR) is 86.0 cm³/mol. The van der Waals surface area contributed by atoms with Gasteiger partial charge in [-0.25, -0.2) is 4.79 Å². The van der Waals surface area contributed by atoms with Gasteiger partial charge in [-0.15, -0.1) is 0 Å². The van der Waals surface area contributed by atoms with E-state index in [1.165, 1.54) is 13.3 Å². The predicted octanol–water partition coefficient (Wildman–Crippen LogP) is 2.97. The maximum absolute atomic E-state index is 11.5. The van der Waals surface area contributed by atoms with Crippen LogP contribution in [0.5, 0.6) is 0 Å². The number of H-pyrrole nitrogens is 1. The summed E-state index contributed by atoms with van der Waals surface area (Å²) in [6.07, 6.45) is 1.36. The van der Waals surface area contributed by atoms with Crippen LogP contribution in [0.1, 0.15) is 15.9 Å². The van der Waals surface area contributed by atoms with Crippen LogP contribution in [-0.4, -0.2) is 28.4 Å². The number of thiocarbonyl (C=S) groups is 1. The van der Waals surface area contributed by atoms with Crippen molar-refractivity contribution >= 4 is 46.4 Å². The molecule has 0 amide bonds. The van der Waals surface area contributed by atoms with Gasteiger partial charge < -0.3 is 15.4 Å². The summed E-state index contributed by atoms with van der Waals surface area (Å²) in [7, 11) is 1.30. The molecule has 0 aliphatic heterocycles. The molecule has 1 heterocycles. The number of aromatic amines is 1. The number of hydrogen-bond donors (Lipinski definition) is 3. The second kappa shape index (κ2) is 6.55. The minimum atomic E-state index is -0.506. The number of esters is 1. The van der Waals surface area contributed by atoms with Gasteiger partial charge in [0.05, 0.1) is 13.3 Å². The maximum Gasteiger partial charge on any atom is 0.343 e. The normalized spacial score (nSPS) is 10.0. The zero-order valence-electron chi connectivity index (χ0n) is 11.4. The smallest absolute Gasteiger partial charge is 0.343 e. The highest BCUT2D eigenvalue weighted by Gasteiger charge is 2.15. The van der Waals surface area contributed by atoms with Gasteiger partial charge in [-0.1, -0.05) is 17.7 Å². The van der Waals surface area contributed by atoms with E-state index >= 15 is 0 Å². The SMILES string of the molecule is COC(=O)c1cn[nH]c1NC(=S)Nc1cccc(Cl)c1C. The topological polar surface area (TPSA) is 79.0 Å². The first kappa shape index (κ1) is 15.3. The van der Waals surface area contributed by atoms with E-state index in [4.69, 9.17) is 23.8 Å². The van der Waals surface area contributed by atoms with E-state index in [9.17, 15) is 4.79 Å². The number of aromatic nitrogens is 2. The first-order chi connectivity index (χ1) is 10.0. The Bertz CT molecular complexity index is 687. The van der Waals surface area contributed by atoms with Crippen LogP contribution in [0.4, 0.5) is 11.5 Å². The molecule has 0 saturated heterocycles. The largest absolute Gasteiger partial charge is 0.465 e. The number of carbonyl (C=O) groups is 1. The van der Waals surface area contributed by atoms with Gasteiger partial charge in [0.15, 0.2) is 5.11 Å². The summed E-state index contributed by atoms with van der Waals surface area (Å²) in [6.45, 7) is 1.88. The molecule has 1 aromatic heterocycles. The van der Waals surface area contributed by atoms with Crippen LogP contribution in [0.25, 0.3) is 0 Å². The average Bonchev–Trinajstić information content (AvgIpc) is 2.91. The van der Waals surface area contributed by atoms with Crippen molar-refractivity contribution < 1.29 is 9.53 Å². The monoisotopic (exact) mass is 324 g/mol. The van der Waals surface area contributed by atoms with Crippen LogP contribution in [0.2, 0.25) is 5.02 Å². The molecular formula is C13H13ClN4O2S. The third-order valence-corrected chi connectivity index (χ3v) is 3.41. The third-order valence-electron chi connectivity index (χ3n) is 2.80. The Kier molecular flexibility index (Phi) is 4.77. The lowest BCUT2D eigenvalue weighted by atomic mass is 10.2. The third kappa shape index (κ3) is 3.50. The van der Waals surface area contributed by atoms with Crippen molar-refractivity contribution in [3.05, 3.63) is 40.5 Å². The fourth-order valence-electron chi connectivity index (χ4n) is 1.66. The highest BCUT2D eigenvalue weighted by molar-refractivity contribution is 7.80. The molecule has 0 spiro atoms. The molecule has 8 heteroatoms. The number of carbonyl (C=O) groups excluding carboxylic acids is 1. The van der Waals surface area contributed by atoms with Crippen LogP contribution < -0.4 is 10.6 Å². The zero-order valence-corrected chi connectivity index (χ0v) is 12.9. The first-order valence-corrected chi connectivity index (χ1v) is 6.76. The number of benzene rings is 1. The van der Waals surface area contributed by atoms with E-state index in [0.29, 0.717) is 16.0 Å². The number of halogens is 1. The summed E-state index contributed by atoms with van der Waals surface area (Å²) < 4.78 is 4.65. The molecule has 0 aliphatic rings. The number of rotatable bonds is 3. The highest BCUT2D eigenvalue weighted by Crippen LogP contribution is 2.23. The van der Waals surface area contributed by atoms with Gasteiger partial charge in [0.2, 0.25) is 0 Å². The minimum absolute atomic E-state index is 0.268. The van der Waals surface area contributed by atoms with Crippen molar-refractivity contribution in [3.8, 4) is 0 Å². The van der Waals surface area contributed by atoms with Crippen LogP contribution in [0.3, 0.4) is 0 Å². The Hall–Kier alpha value is -2.12. The van der Waals surface area contributed by atoms with Gasteiger partial charge in [-0.05, 0) is 36.8 Å². The molecule has 0 bridgehead atoms. The fourth-order valence-corrected chi connectivity index (χ4v) is 2.04. The Balaban J connectivity index is 2.11. The van der Waals surface area contributed by atoms with E-state index in [0.717, 1.165) is 11.3 Å². The molecule has 110 valence electrons. The molecule has 1 aromatic carbocycles. The van der Waals surface area contributed by atoms with Crippen molar-refractivity contribution in [2.45, 2.75) is 6.92 Å². The summed E-state index contributed by atoms with van der Waals surface area (Å²) in [5.41, 5.74) is 1.92. The van der Waals surface area contributed by atoms with Gasteiger partial charge in [-0.3, -0.25) is 5.10 Å². The zero-order chi connectivity index (χ0) is 15.4. The van der Waals surface area contributed by atoms with Gasteiger partial charge in [0.25, 0.3) is 0 Å². The summed E-state index contributed by atoms with van der Waals surface area (Å²) in [6, 6.07) is 5.46. The molecule has 0 atom stereocenters. The van der Waals surface area contributed by atoms with Crippen LogP contribution in [0, 0.1) is 6.92 Å². The quantitative estimate of drug-likeness (QED) is 0.595. The van der Waals surface area contributed by atoms with Crippen LogP contribution in [-0.2, 0) is 4.74 Å². The lowest BCUT2D eigenvalue weighted by Gasteiger charge is -2.12. The molecule has 0 fully saturated rings. The number of nitrogens with one attached hydrogen (secondary N) is 3. The number of ether oxygens (including phenoxy) is 1. The number of nitrogens with zero attached hydrogens (tertiary/aromatic N) is 1. The molecule has 2 rings (SSSR count). The van der Waals surface area contributed by atoms with Gasteiger partial charge in [0.1, 0.15) is 11.4 Å². The van der Waals surface area contributed by atoms with Crippen molar-refractivity contribution in [1.29, 1.82) is 0 Å². The Morgan fingerprint density at radius 2 is 2.19 bits per heavy atom. The molecule has 0 saturated carbocycles.